The lowest BCUT2D eigenvalue weighted by atomic mass is 9.87. The molecule has 0 aromatic heterocycles. The summed E-state index contributed by atoms with van der Waals surface area (Å²) in [7, 11) is 0. The van der Waals surface area contributed by atoms with E-state index in [1.807, 2.05) is 13.0 Å². The zero-order chi connectivity index (χ0) is 24.3. The number of carbonyl (C=O) groups excluding carboxylic acids is 1. The van der Waals surface area contributed by atoms with Crippen molar-refractivity contribution in [2.45, 2.75) is 115 Å². The number of allylic oxidation sites excluding steroid dienone is 2. The summed E-state index contributed by atoms with van der Waals surface area (Å²) in [5, 5.41) is 38.2. The van der Waals surface area contributed by atoms with Crippen LogP contribution in [0.4, 0.5) is 0 Å². The van der Waals surface area contributed by atoms with E-state index < -0.39 is 30.9 Å². The molecule has 0 radical (unpaired) electrons. The molecule has 1 aliphatic rings. The summed E-state index contributed by atoms with van der Waals surface area (Å²) < 4.78 is 11.8. The fourth-order valence-corrected chi connectivity index (χ4v) is 4.04. The number of hydrogen-bond acceptors (Lipinski definition) is 7. The van der Waals surface area contributed by atoms with Gasteiger partial charge in [0.25, 0.3) is 0 Å². The topological polar surface area (TPSA) is 116 Å². The number of aliphatic hydroxyl groups is 4. The minimum absolute atomic E-state index is 0.126. The molecule has 7 nitrogen and oxygen atoms in total. The van der Waals surface area contributed by atoms with Crippen LogP contribution in [0.3, 0.4) is 0 Å². The van der Waals surface area contributed by atoms with Crippen LogP contribution in [0.15, 0.2) is 24.0 Å². The van der Waals surface area contributed by atoms with Gasteiger partial charge in [-0.1, -0.05) is 31.8 Å². The third-order valence-electron chi connectivity index (χ3n) is 5.84. The zero-order valence-corrected chi connectivity index (χ0v) is 20.3. The first-order valence-corrected chi connectivity index (χ1v) is 11.9. The molecule has 0 aromatic carbocycles. The number of carbonyl (C=O) groups is 1. The number of rotatable bonds is 15. The Hall–Kier alpha value is -1.25. The molecule has 5 atom stereocenters. The SMILES string of the molecule is C=C(C)CCCC(C)(C)OC1CC(OC(=O)C(O)[C@H](O)C(O)CO)=CC(CCCCC)C1. The molecule has 0 aromatic rings. The third-order valence-corrected chi connectivity index (χ3v) is 5.84. The van der Waals surface area contributed by atoms with Crippen molar-refractivity contribution in [1.29, 1.82) is 0 Å². The second kappa shape index (κ2) is 14.1. The van der Waals surface area contributed by atoms with Crippen LogP contribution in [0.25, 0.3) is 0 Å². The van der Waals surface area contributed by atoms with Gasteiger partial charge in [0.2, 0.25) is 0 Å². The van der Waals surface area contributed by atoms with Crippen molar-refractivity contribution in [2.24, 2.45) is 5.92 Å². The van der Waals surface area contributed by atoms with Gasteiger partial charge in [-0.25, -0.2) is 4.79 Å². The van der Waals surface area contributed by atoms with Crippen molar-refractivity contribution in [3.63, 3.8) is 0 Å². The number of unbranched alkanes of at least 4 members (excludes halogenated alkanes) is 2. The van der Waals surface area contributed by atoms with Crippen molar-refractivity contribution in [3.8, 4) is 0 Å². The lowest BCUT2D eigenvalue weighted by Crippen LogP contribution is -2.44. The Kier molecular flexibility index (Phi) is 12.7. The van der Waals surface area contributed by atoms with Gasteiger partial charge in [0.05, 0.1) is 18.3 Å². The van der Waals surface area contributed by atoms with Crippen LogP contribution < -0.4 is 0 Å². The van der Waals surface area contributed by atoms with E-state index in [2.05, 4.69) is 27.4 Å². The number of ether oxygens (including phenoxy) is 2. The average Bonchev–Trinajstić information content (AvgIpc) is 2.71. The van der Waals surface area contributed by atoms with Crippen molar-refractivity contribution in [2.75, 3.05) is 6.61 Å². The van der Waals surface area contributed by atoms with E-state index >= 15 is 0 Å². The molecular formula is C25H44O7. The van der Waals surface area contributed by atoms with Crippen LogP contribution in [0, 0.1) is 5.92 Å². The number of hydrogen-bond donors (Lipinski definition) is 4. The second-order valence-corrected chi connectivity index (χ2v) is 9.75. The van der Waals surface area contributed by atoms with Crippen molar-refractivity contribution in [1.82, 2.24) is 0 Å². The van der Waals surface area contributed by atoms with Crippen molar-refractivity contribution in [3.05, 3.63) is 24.0 Å². The van der Waals surface area contributed by atoms with Gasteiger partial charge >= 0.3 is 5.97 Å². The largest absolute Gasteiger partial charge is 0.429 e. The summed E-state index contributed by atoms with van der Waals surface area (Å²) >= 11 is 0. The Balaban J connectivity index is 2.82. The summed E-state index contributed by atoms with van der Waals surface area (Å²) in [4.78, 5) is 12.3. The molecular weight excluding hydrogens is 412 g/mol. The van der Waals surface area contributed by atoms with Gasteiger partial charge in [-0.2, -0.15) is 0 Å². The Morgan fingerprint density at radius 1 is 1.25 bits per heavy atom. The predicted molar refractivity (Wildman–Crippen MR) is 124 cm³/mol. The molecule has 4 N–H and O–H groups in total. The van der Waals surface area contributed by atoms with Gasteiger partial charge in [0, 0.05) is 6.42 Å². The monoisotopic (exact) mass is 456 g/mol. The predicted octanol–water partition coefficient (Wildman–Crippen LogP) is 3.39. The van der Waals surface area contributed by atoms with E-state index in [0.29, 0.717) is 12.2 Å². The van der Waals surface area contributed by atoms with E-state index in [0.717, 1.165) is 56.9 Å². The van der Waals surface area contributed by atoms with Gasteiger partial charge < -0.3 is 29.9 Å². The fraction of sp³-hybridized carbons (Fsp3) is 0.800. The summed E-state index contributed by atoms with van der Waals surface area (Å²) in [6, 6.07) is 0. The first-order chi connectivity index (χ1) is 15.0. The first-order valence-electron chi connectivity index (χ1n) is 11.9. The van der Waals surface area contributed by atoms with E-state index in [4.69, 9.17) is 14.6 Å². The van der Waals surface area contributed by atoms with Crippen LogP contribution in [0.1, 0.15) is 85.5 Å². The second-order valence-electron chi connectivity index (χ2n) is 9.75. The molecule has 1 aliphatic carbocycles. The quantitative estimate of drug-likeness (QED) is 0.170. The van der Waals surface area contributed by atoms with Gasteiger partial charge in [0.1, 0.15) is 18.0 Å². The van der Waals surface area contributed by atoms with Crippen LogP contribution in [0.5, 0.6) is 0 Å². The highest BCUT2D eigenvalue weighted by Crippen LogP contribution is 2.33. The van der Waals surface area contributed by atoms with Crippen LogP contribution in [-0.2, 0) is 14.3 Å². The first kappa shape index (κ1) is 28.8. The van der Waals surface area contributed by atoms with E-state index in [-0.39, 0.29) is 17.6 Å². The van der Waals surface area contributed by atoms with Gasteiger partial charge in [-0.3, -0.25) is 0 Å². The minimum Gasteiger partial charge on any atom is -0.429 e. The van der Waals surface area contributed by atoms with Crippen LogP contribution in [0.2, 0.25) is 0 Å². The maximum absolute atomic E-state index is 12.3. The fourth-order valence-electron chi connectivity index (χ4n) is 4.04. The maximum atomic E-state index is 12.3. The highest BCUT2D eigenvalue weighted by Gasteiger charge is 2.34. The molecule has 7 heteroatoms. The molecule has 4 unspecified atom stereocenters. The van der Waals surface area contributed by atoms with Gasteiger partial charge in [-0.05, 0) is 64.9 Å². The highest BCUT2D eigenvalue weighted by atomic mass is 16.6. The van der Waals surface area contributed by atoms with Crippen LogP contribution in [-0.4, -0.2) is 63.0 Å². The van der Waals surface area contributed by atoms with Crippen molar-refractivity contribution >= 4 is 5.97 Å². The van der Waals surface area contributed by atoms with Gasteiger partial charge in [-0.15, -0.1) is 6.58 Å². The zero-order valence-electron chi connectivity index (χ0n) is 20.3. The molecule has 0 saturated heterocycles. The van der Waals surface area contributed by atoms with E-state index in [9.17, 15) is 20.1 Å². The van der Waals surface area contributed by atoms with Gasteiger partial charge in [0.15, 0.2) is 6.10 Å². The van der Waals surface area contributed by atoms with E-state index in [1.54, 1.807) is 0 Å². The lowest BCUT2D eigenvalue weighted by molar-refractivity contribution is -0.163. The number of esters is 1. The smallest absolute Gasteiger partial charge is 0.342 e. The molecule has 0 bridgehead atoms. The average molecular weight is 457 g/mol. The normalized spacial score (nSPS) is 22.1. The highest BCUT2D eigenvalue weighted by molar-refractivity contribution is 5.76. The standard InChI is InChI=1S/C25H44O7/c1-6-7-8-11-18-13-19(31-24(30)23(29)22(28)21(27)16-26)15-20(14-18)32-25(4,5)12-9-10-17(2)3/h13,18,20-23,26-29H,2,6-12,14-16H2,1,3-5H3/t18?,20?,21?,22-,23?/m1/s1. The molecule has 0 amide bonds. The molecule has 0 aliphatic heterocycles. The Labute approximate surface area is 193 Å². The van der Waals surface area contributed by atoms with Crippen LogP contribution >= 0.6 is 0 Å². The Morgan fingerprint density at radius 3 is 2.53 bits per heavy atom. The molecule has 32 heavy (non-hydrogen) atoms. The summed E-state index contributed by atoms with van der Waals surface area (Å²) in [6.45, 7) is 11.5. The van der Waals surface area contributed by atoms with E-state index in [1.165, 1.54) is 0 Å². The summed E-state index contributed by atoms with van der Waals surface area (Å²) in [6.07, 6.45) is 4.73. The number of aliphatic hydroxyl groups excluding tert-OH is 4. The minimum atomic E-state index is -1.95. The molecule has 186 valence electrons. The summed E-state index contributed by atoms with van der Waals surface area (Å²) in [5.41, 5.74) is 0.820. The molecule has 0 spiro atoms. The Bertz CT molecular complexity index is 613. The maximum Gasteiger partial charge on any atom is 0.342 e. The molecule has 0 fully saturated rings. The van der Waals surface area contributed by atoms with Crippen molar-refractivity contribution < 1.29 is 34.7 Å². The molecule has 1 rings (SSSR count). The third kappa shape index (κ3) is 10.6. The molecule has 0 saturated carbocycles. The lowest BCUT2D eigenvalue weighted by Gasteiger charge is -2.35. The molecule has 0 heterocycles. The summed E-state index contributed by atoms with van der Waals surface area (Å²) in [5.74, 6) is -0.445. The Morgan fingerprint density at radius 2 is 1.94 bits per heavy atom.